The number of carboxylic acids is 2. The fourth-order valence-electron chi connectivity index (χ4n) is 6.05. The van der Waals surface area contributed by atoms with Crippen LogP contribution in [0.3, 0.4) is 0 Å². The van der Waals surface area contributed by atoms with Gasteiger partial charge in [-0.15, -0.1) is 0 Å². The molecule has 2 aromatic carbocycles. The number of piperazine rings is 1. The SMILES string of the molecule is O=C(O)/C=C\C(=O)O.OC1(c2ccccc2)C[C@H]2CC(N3CCN(c4ccc(F)cc4)CC3)C[C@H]2C1. The van der Waals surface area contributed by atoms with Crippen molar-refractivity contribution in [3.05, 3.63) is 78.1 Å². The Morgan fingerprint density at radius 2 is 1.36 bits per heavy atom. The summed E-state index contributed by atoms with van der Waals surface area (Å²) in [6, 6.07) is 17.8. The Morgan fingerprint density at radius 3 is 1.86 bits per heavy atom. The number of halogens is 1. The van der Waals surface area contributed by atoms with Crippen molar-refractivity contribution in [2.24, 2.45) is 11.8 Å². The van der Waals surface area contributed by atoms with E-state index in [4.69, 9.17) is 10.2 Å². The van der Waals surface area contributed by atoms with Crippen LogP contribution in [0.15, 0.2) is 66.7 Å². The van der Waals surface area contributed by atoms with E-state index in [-0.39, 0.29) is 5.82 Å². The lowest BCUT2D eigenvalue weighted by Crippen LogP contribution is -2.50. The fourth-order valence-corrected chi connectivity index (χ4v) is 6.05. The molecular weight excluding hydrogens is 463 g/mol. The number of carboxylic acid groups (broad SMARTS) is 2. The molecule has 0 bridgehead atoms. The molecule has 3 fully saturated rings. The van der Waals surface area contributed by atoms with Gasteiger partial charge in [0.1, 0.15) is 5.82 Å². The average Bonchev–Trinajstić information content (AvgIpc) is 3.40. The third-order valence-corrected chi connectivity index (χ3v) is 7.72. The van der Waals surface area contributed by atoms with Crippen molar-refractivity contribution in [2.45, 2.75) is 37.3 Å². The molecule has 1 saturated heterocycles. The van der Waals surface area contributed by atoms with E-state index in [0.717, 1.165) is 50.3 Å². The number of aliphatic carboxylic acids is 2. The van der Waals surface area contributed by atoms with Crippen molar-refractivity contribution < 1.29 is 29.3 Å². The first-order chi connectivity index (χ1) is 17.2. The first-order valence-corrected chi connectivity index (χ1v) is 12.4. The van der Waals surface area contributed by atoms with Gasteiger partial charge >= 0.3 is 11.9 Å². The smallest absolute Gasteiger partial charge is 0.328 e. The standard InChI is InChI=1S/C24H29FN2O.C4H4O4/c25-21-6-8-22(9-7-21)26-10-12-27(13-11-26)23-14-18-16-24(28,17-19(18)15-23)20-4-2-1-3-5-20;5-3(6)1-2-4(7)8/h1-9,18-19,23,28H,10-17H2;1-2H,(H,5,6)(H,7,8)/b;2-1-/t18-,19+,23?,24?;. The van der Waals surface area contributed by atoms with E-state index in [9.17, 15) is 19.1 Å². The van der Waals surface area contributed by atoms with E-state index in [2.05, 4.69) is 21.9 Å². The van der Waals surface area contributed by atoms with E-state index < -0.39 is 17.5 Å². The molecule has 36 heavy (non-hydrogen) atoms. The normalized spacial score (nSPS) is 27.9. The van der Waals surface area contributed by atoms with Gasteiger partial charge in [0.15, 0.2) is 0 Å². The van der Waals surface area contributed by atoms with Crippen molar-refractivity contribution in [1.29, 1.82) is 0 Å². The Balaban J connectivity index is 0.000000331. The van der Waals surface area contributed by atoms with Crippen LogP contribution < -0.4 is 4.90 Å². The molecule has 2 aliphatic carbocycles. The van der Waals surface area contributed by atoms with Crippen molar-refractivity contribution in [3.63, 3.8) is 0 Å². The van der Waals surface area contributed by atoms with Gasteiger partial charge in [0, 0.05) is 50.1 Å². The largest absolute Gasteiger partial charge is 0.478 e. The van der Waals surface area contributed by atoms with Crippen molar-refractivity contribution in [2.75, 3.05) is 31.1 Å². The van der Waals surface area contributed by atoms with Crippen LogP contribution >= 0.6 is 0 Å². The van der Waals surface area contributed by atoms with Crippen molar-refractivity contribution in [3.8, 4) is 0 Å². The second kappa shape index (κ2) is 11.2. The first kappa shape index (κ1) is 25.9. The summed E-state index contributed by atoms with van der Waals surface area (Å²) in [5, 5.41) is 26.8. The minimum Gasteiger partial charge on any atom is -0.478 e. The molecule has 0 spiro atoms. The van der Waals surface area contributed by atoms with Crippen LogP contribution in [0.1, 0.15) is 31.2 Å². The molecule has 0 radical (unpaired) electrons. The van der Waals surface area contributed by atoms with E-state index in [1.807, 2.05) is 30.3 Å². The van der Waals surface area contributed by atoms with E-state index in [1.165, 1.54) is 12.8 Å². The fraction of sp³-hybridized carbons (Fsp3) is 0.429. The molecule has 1 aliphatic heterocycles. The number of hydrogen-bond acceptors (Lipinski definition) is 5. The van der Waals surface area contributed by atoms with E-state index in [1.54, 1.807) is 12.1 Å². The number of aliphatic hydroxyl groups is 1. The molecular formula is C28H33FN2O5. The van der Waals surface area contributed by atoms with Crippen LogP contribution in [-0.4, -0.2) is 64.4 Å². The zero-order chi connectivity index (χ0) is 25.7. The number of nitrogens with zero attached hydrogens (tertiary/aromatic N) is 2. The monoisotopic (exact) mass is 496 g/mol. The van der Waals surface area contributed by atoms with E-state index >= 15 is 0 Å². The molecule has 8 heteroatoms. The molecule has 3 aliphatic rings. The molecule has 192 valence electrons. The van der Waals surface area contributed by atoms with Crippen LogP contribution in [0.5, 0.6) is 0 Å². The number of carbonyl (C=O) groups is 2. The van der Waals surface area contributed by atoms with Gasteiger partial charge in [-0.1, -0.05) is 30.3 Å². The molecule has 7 nitrogen and oxygen atoms in total. The van der Waals surface area contributed by atoms with Crippen LogP contribution in [0, 0.1) is 17.7 Å². The molecule has 4 atom stereocenters. The average molecular weight is 497 g/mol. The zero-order valence-electron chi connectivity index (χ0n) is 20.2. The minimum atomic E-state index is -1.26. The highest BCUT2D eigenvalue weighted by Crippen LogP contribution is 2.53. The first-order valence-electron chi connectivity index (χ1n) is 12.4. The maximum absolute atomic E-state index is 13.2. The lowest BCUT2D eigenvalue weighted by molar-refractivity contribution is -0.134. The summed E-state index contributed by atoms with van der Waals surface area (Å²) < 4.78 is 13.2. The number of benzene rings is 2. The summed E-state index contributed by atoms with van der Waals surface area (Å²) in [5.74, 6) is -1.40. The van der Waals surface area contributed by atoms with Crippen molar-refractivity contribution in [1.82, 2.24) is 4.90 Å². The Morgan fingerprint density at radius 1 is 0.833 bits per heavy atom. The third-order valence-electron chi connectivity index (χ3n) is 7.72. The second-order valence-corrected chi connectivity index (χ2v) is 9.96. The lowest BCUT2D eigenvalue weighted by Gasteiger charge is -2.39. The van der Waals surface area contributed by atoms with Crippen LogP contribution in [0.4, 0.5) is 10.1 Å². The maximum Gasteiger partial charge on any atom is 0.328 e. The predicted octanol–water partition coefficient (Wildman–Crippen LogP) is 3.74. The number of fused-ring (bicyclic) bond motifs is 1. The van der Waals surface area contributed by atoms with Gasteiger partial charge in [0.25, 0.3) is 0 Å². The second-order valence-electron chi connectivity index (χ2n) is 9.96. The van der Waals surface area contributed by atoms with Crippen LogP contribution in [-0.2, 0) is 15.2 Å². The Bertz CT molecular complexity index is 1040. The van der Waals surface area contributed by atoms with Gasteiger partial charge in [0.2, 0.25) is 0 Å². The third kappa shape index (κ3) is 6.30. The highest BCUT2D eigenvalue weighted by Gasteiger charge is 2.50. The summed E-state index contributed by atoms with van der Waals surface area (Å²) in [6.45, 7) is 4.16. The van der Waals surface area contributed by atoms with Crippen LogP contribution in [0.2, 0.25) is 0 Å². The molecule has 0 amide bonds. The lowest BCUT2D eigenvalue weighted by atomic mass is 9.89. The number of rotatable bonds is 5. The molecule has 1 heterocycles. The van der Waals surface area contributed by atoms with Gasteiger partial charge < -0.3 is 20.2 Å². The van der Waals surface area contributed by atoms with Gasteiger partial charge in [0.05, 0.1) is 5.60 Å². The molecule has 2 aromatic rings. The quantitative estimate of drug-likeness (QED) is 0.542. The maximum atomic E-state index is 13.2. The summed E-state index contributed by atoms with van der Waals surface area (Å²) >= 11 is 0. The molecule has 2 unspecified atom stereocenters. The Labute approximate surface area is 210 Å². The van der Waals surface area contributed by atoms with Gasteiger partial charge in [-0.05, 0) is 67.3 Å². The number of anilines is 1. The summed E-state index contributed by atoms with van der Waals surface area (Å²) in [4.78, 5) is 24.1. The molecule has 0 aromatic heterocycles. The van der Waals surface area contributed by atoms with Crippen LogP contribution in [0.25, 0.3) is 0 Å². The van der Waals surface area contributed by atoms with Gasteiger partial charge in [-0.25, -0.2) is 14.0 Å². The van der Waals surface area contributed by atoms with Crippen molar-refractivity contribution >= 4 is 17.6 Å². The highest BCUT2D eigenvalue weighted by atomic mass is 19.1. The summed E-state index contributed by atoms with van der Waals surface area (Å²) in [6.07, 6.45) is 5.37. The molecule has 3 N–H and O–H groups in total. The highest BCUT2D eigenvalue weighted by molar-refractivity contribution is 5.89. The Kier molecular flexibility index (Phi) is 8.06. The molecule has 2 saturated carbocycles. The predicted molar refractivity (Wildman–Crippen MR) is 134 cm³/mol. The number of hydrogen-bond donors (Lipinski definition) is 3. The minimum absolute atomic E-state index is 0.171. The topological polar surface area (TPSA) is 101 Å². The summed E-state index contributed by atoms with van der Waals surface area (Å²) in [7, 11) is 0. The van der Waals surface area contributed by atoms with Gasteiger partial charge in [-0.3, -0.25) is 4.90 Å². The Hall–Kier alpha value is -3.23. The molecule has 5 rings (SSSR count). The summed E-state index contributed by atoms with van der Waals surface area (Å²) in [5.41, 5.74) is 1.59. The van der Waals surface area contributed by atoms with E-state index in [0.29, 0.717) is 30.0 Å². The zero-order valence-corrected chi connectivity index (χ0v) is 20.2. The van der Waals surface area contributed by atoms with Gasteiger partial charge in [-0.2, -0.15) is 0 Å².